The third-order valence-corrected chi connectivity index (χ3v) is 4.62. The van der Waals surface area contributed by atoms with E-state index in [-0.39, 0.29) is 12.1 Å². The van der Waals surface area contributed by atoms with Crippen LogP contribution < -0.4 is 5.73 Å². The Morgan fingerprint density at radius 1 is 1.29 bits per heavy atom. The van der Waals surface area contributed by atoms with Gasteiger partial charge in [0.15, 0.2) is 5.82 Å². The van der Waals surface area contributed by atoms with E-state index in [9.17, 15) is 0 Å². The zero-order valence-electron chi connectivity index (χ0n) is 11.4. The Kier molecular flexibility index (Phi) is 3.08. The SMILES string of the molecule is Nc1c(Cl)cccc1-c1nnnn1C1CCOC1C1CC1. The van der Waals surface area contributed by atoms with Crippen molar-refractivity contribution in [3.05, 3.63) is 23.2 Å². The zero-order chi connectivity index (χ0) is 14.4. The van der Waals surface area contributed by atoms with Gasteiger partial charge in [-0.15, -0.1) is 5.10 Å². The van der Waals surface area contributed by atoms with Gasteiger partial charge in [-0.05, 0) is 47.7 Å². The molecule has 2 N–H and O–H groups in total. The molecule has 0 bridgehead atoms. The minimum atomic E-state index is 0.181. The van der Waals surface area contributed by atoms with E-state index in [0.717, 1.165) is 18.6 Å². The van der Waals surface area contributed by atoms with Crippen molar-refractivity contribution >= 4 is 17.3 Å². The summed E-state index contributed by atoms with van der Waals surface area (Å²) in [6.07, 6.45) is 3.61. The number of tetrazole rings is 1. The molecular formula is C14H16ClN5O. The third kappa shape index (κ3) is 2.18. The molecule has 2 aromatic rings. The molecule has 2 unspecified atom stereocenters. The normalized spacial score (nSPS) is 25.4. The van der Waals surface area contributed by atoms with Gasteiger partial charge in [-0.25, -0.2) is 4.68 Å². The monoisotopic (exact) mass is 305 g/mol. The molecule has 1 aliphatic carbocycles. The Labute approximate surface area is 127 Å². The van der Waals surface area contributed by atoms with E-state index >= 15 is 0 Å². The quantitative estimate of drug-likeness (QED) is 0.880. The van der Waals surface area contributed by atoms with Crippen molar-refractivity contribution in [3.63, 3.8) is 0 Å². The molecule has 4 rings (SSSR count). The topological polar surface area (TPSA) is 78.9 Å². The number of aromatic nitrogens is 4. The van der Waals surface area contributed by atoms with Crippen LogP contribution in [0.3, 0.4) is 0 Å². The molecule has 110 valence electrons. The molecule has 1 aromatic heterocycles. The van der Waals surface area contributed by atoms with Gasteiger partial charge in [-0.2, -0.15) is 0 Å². The Hall–Kier alpha value is -1.66. The van der Waals surface area contributed by atoms with Crippen LogP contribution in [0.5, 0.6) is 0 Å². The Morgan fingerprint density at radius 2 is 2.14 bits per heavy atom. The fourth-order valence-corrected chi connectivity index (χ4v) is 3.24. The lowest BCUT2D eigenvalue weighted by molar-refractivity contribution is 0.0725. The van der Waals surface area contributed by atoms with Crippen molar-refractivity contribution in [1.82, 2.24) is 20.2 Å². The number of ether oxygens (including phenoxy) is 1. The van der Waals surface area contributed by atoms with Crippen molar-refractivity contribution in [3.8, 4) is 11.4 Å². The molecule has 1 saturated heterocycles. The Balaban J connectivity index is 1.75. The van der Waals surface area contributed by atoms with Gasteiger partial charge in [0.2, 0.25) is 0 Å². The number of rotatable bonds is 3. The maximum absolute atomic E-state index is 6.10. The second-order valence-corrected chi connectivity index (χ2v) is 6.08. The number of halogens is 1. The third-order valence-electron chi connectivity index (χ3n) is 4.29. The van der Waals surface area contributed by atoms with Crippen molar-refractivity contribution in [1.29, 1.82) is 0 Å². The van der Waals surface area contributed by atoms with E-state index in [0.29, 0.717) is 22.5 Å². The average molecular weight is 306 g/mol. The number of anilines is 1. The summed E-state index contributed by atoms with van der Waals surface area (Å²) in [5.41, 5.74) is 7.36. The maximum atomic E-state index is 6.10. The number of hydrogen-bond acceptors (Lipinski definition) is 5. The number of hydrogen-bond donors (Lipinski definition) is 1. The van der Waals surface area contributed by atoms with E-state index in [1.54, 1.807) is 6.07 Å². The molecule has 2 heterocycles. The fourth-order valence-electron chi connectivity index (χ4n) is 3.06. The Bertz CT molecular complexity index is 669. The molecule has 1 aliphatic heterocycles. The standard InChI is InChI=1S/C14H16ClN5O/c15-10-3-1-2-9(12(10)16)14-17-18-19-20(14)11-6-7-21-13(11)8-4-5-8/h1-3,8,11,13H,4-7,16H2. The molecule has 0 radical (unpaired) electrons. The first-order valence-electron chi connectivity index (χ1n) is 7.19. The van der Waals surface area contributed by atoms with E-state index in [1.165, 1.54) is 12.8 Å². The molecule has 2 fully saturated rings. The van der Waals surface area contributed by atoms with Gasteiger partial charge in [-0.1, -0.05) is 17.7 Å². The summed E-state index contributed by atoms with van der Waals surface area (Å²) in [6, 6.07) is 5.70. The summed E-state index contributed by atoms with van der Waals surface area (Å²) in [5.74, 6) is 1.31. The van der Waals surface area contributed by atoms with Crippen molar-refractivity contribution < 1.29 is 4.74 Å². The minimum absolute atomic E-state index is 0.181. The van der Waals surface area contributed by atoms with Crippen molar-refractivity contribution in [2.24, 2.45) is 5.92 Å². The summed E-state index contributed by atoms with van der Waals surface area (Å²) in [4.78, 5) is 0. The summed E-state index contributed by atoms with van der Waals surface area (Å²) in [5, 5.41) is 12.7. The molecule has 2 atom stereocenters. The summed E-state index contributed by atoms with van der Waals surface area (Å²) < 4.78 is 7.74. The van der Waals surface area contributed by atoms with Gasteiger partial charge in [0.1, 0.15) is 0 Å². The highest BCUT2D eigenvalue weighted by atomic mass is 35.5. The van der Waals surface area contributed by atoms with Gasteiger partial charge in [0.05, 0.1) is 22.9 Å². The van der Waals surface area contributed by atoms with Gasteiger partial charge < -0.3 is 10.5 Å². The first kappa shape index (κ1) is 13.0. The van der Waals surface area contributed by atoms with Crippen LogP contribution in [0.2, 0.25) is 5.02 Å². The molecular weight excluding hydrogens is 290 g/mol. The molecule has 0 spiro atoms. The highest BCUT2D eigenvalue weighted by Crippen LogP contribution is 2.44. The van der Waals surface area contributed by atoms with Crippen LogP contribution in [0.4, 0.5) is 5.69 Å². The lowest BCUT2D eigenvalue weighted by atomic mass is 10.1. The van der Waals surface area contributed by atoms with Gasteiger partial charge in [-0.3, -0.25) is 0 Å². The predicted octanol–water partition coefficient (Wildman–Crippen LogP) is 2.32. The fraction of sp³-hybridized carbons (Fsp3) is 0.500. The number of nitrogens with zero attached hydrogens (tertiary/aromatic N) is 4. The summed E-state index contributed by atoms with van der Waals surface area (Å²) in [6.45, 7) is 0.760. The number of nitrogen functional groups attached to an aromatic ring is 1. The lowest BCUT2D eigenvalue weighted by Crippen LogP contribution is -2.24. The first-order chi connectivity index (χ1) is 10.3. The smallest absolute Gasteiger partial charge is 0.184 e. The van der Waals surface area contributed by atoms with Crippen LogP contribution in [0, 0.1) is 5.92 Å². The molecule has 7 heteroatoms. The van der Waals surface area contributed by atoms with Crippen LogP contribution in [-0.2, 0) is 4.74 Å². The molecule has 2 aliphatic rings. The number of benzene rings is 1. The zero-order valence-corrected chi connectivity index (χ0v) is 12.2. The highest BCUT2D eigenvalue weighted by Gasteiger charge is 2.43. The van der Waals surface area contributed by atoms with Gasteiger partial charge >= 0.3 is 0 Å². The van der Waals surface area contributed by atoms with Gasteiger partial charge in [0.25, 0.3) is 0 Å². The molecule has 21 heavy (non-hydrogen) atoms. The maximum Gasteiger partial charge on any atom is 0.184 e. The lowest BCUT2D eigenvalue weighted by Gasteiger charge is -2.19. The van der Waals surface area contributed by atoms with Crippen LogP contribution in [0.1, 0.15) is 25.3 Å². The largest absolute Gasteiger partial charge is 0.397 e. The van der Waals surface area contributed by atoms with Crippen LogP contribution in [0.25, 0.3) is 11.4 Å². The molecule has 6 nitrogen and oxygen atoms in total. The predicted molar refractivity (Wildman–Crippen MR) is 78.8 cm³/mol. The minimum Gasteiger partial charge on any atom is -0.397 e. The number of para-hydroxylation sites is 1. The van der Waals surface area contributed by atoms with E-state index in [1.807, 2.05) is 16.8 Å². The van der Waals surface area contributed by atoms with Crippen LogP contribution in [0.15, 0.2) is 18.2 Å². The van der Waals surface area contributed by atoms with Crippen LogP contribution >= 0.6 is 11.6 Å². The number of nitrogens with two attached hydrogens (primary N) is 1. The average Bonchev–Trinajstić information content (AvgIpc) is 3.02. The summed E-state index contributed by atoms with van der Waals surface area (Å²) >= 11 is 6.10. The molecule has 0 amide bonds. The Morgan fingerprint density at radius 3 is 2.95 bits per heavy atom. The van der Waals surface area contributed by atoms with E-state index in [4.69, 9.17) is 22.1 Å². The second-order valence-electron chi connectivity index (χ2n) is 5.68. The highest BCUT2D eigenvalue weighted by molar-refractivity contribution is 6.33. The second kappa shape index (κ2) is 4.96. The molecule has 1 saturated carbocycles. The molecule has 1 aromatic carbocycles. The van der Waals surface area contributed by atoms with Crippen molar-refractivity contribution in [2.75, 3.05) is 12.3 Å². The summed E-state index contributed by atoms with van der Waals surface area (Å²) in [7, 11) is 0. The van der Waals surface area contributed by atoms with Crippen LogP contribution in [-0.4, -0.2) is 32.9 Å². The van der Waals surface area contributed by atoms with Gasteiger partial charge in [0, 0.05) is 12.2 Å². The van der Waals surface area contributed by atoms with Crippen molar-refractivity contribution in [2.45, 2.75) is 31.4 Å². The van der Waals surface area contributed by atoms with E-state index in [2.05, 4.69) is 15.5 Å². The first-order valence-corrected chi connectivity index (χ1v) is 7.57. The van der Waals surface area contributed by atoms with E-state index < -0.39 is 0 Å².